The number of aromatic nitrogens is 2. The standard InChI is InChI=1S/C17H29N3O/c1-3-10-18-16(15-6-11-20(2)19-15)14-7-12-21-17(13-14)8-4-5-9-17/h6,11,14,16,18H,3-5,7-10,12-13H2,1-2H3. The smallest absolute Gasteiger partial charge is 0.0796 e. The van der Waals surface area contributed by atoms with Crippen LogP contribution in [0.5, 0.6) is 0 Å². The van der Waals surface area contributed by atoms with Crippen molar-refractivity contribution in [3.05, 3.63) is 18.0 Å². The van der Waals surface area contributed by atoms with E-state index < -0.39 is 0 Å². The van der Waals surface area contributed by atoms with Gasteiger partial charge in [-0.05, 0) is 50.6 Å². The molecule has 21 heavy (non-hydrogen) atoms. The first-order chi connectivity index (χ1) is 10.2. The number of aryl methyl sites for hydroxylation is 1. The number of hydrogen-bond acceptors (Lipinski definition) is 3. The average Bonchev–Trinajstić information content (AvgIpc) is 3.10. The van der Waals surface area contributed by atoms with Crippen LogP contribution in [0.15, 0.2) is 12.3 Å². The second-order valence-corrected chi connectivity index (χ2v) is 6.84. The van der Waals surface area contributed by atoms with Gasteiger partial charge in [0.25, 0.3) is 0 Å². The highest BCUT2D eigenvalue weighted by atomic mass is 16.5. The lowest BCUT2D eigenvalue weighted by Gasteiger charge is -2.41. The van der Waals surface area contributed by atoms with Crippen molar-refractivity contribution >= 4 is 0 Å². The molecule has 2 atom stereocenters. The molecule has 1 aliphatic carbocycles. The van der Waals surface area contributed by atoms with E-state index in [9.17, 15) is 0 Å². The number of hydrogen-bond donors (Lipinski definition) is 1. The first-order valence-electron chi connectivity index (χ1n) is 8.59. The maximum Gasteiger partial charge on any atom is 0.0796 e. The fourth-order valence-corrected chi connectivity index (χ4v) is 4.13. The Morgan fingerprint density at radius 3 is 2.95 bits per heavy atom. The molecule has 4 heteroatoms. The summed E-state index contributed by atoms with van der Waals surface area (Å²) in [6.45, 7) is 4.21. The maximum absolute atomic E-state index is 6.20. The number of rotatable bonds is 5. The molecule has 118 valence electrons. The minimum atomic E-state index is 0.184. The molecule has 1 saturated heterocycles. The largest absolute Gasteiger partial charge is 0.375 e. The summed E-state index contributed by atoms with van der Waals surface area (Å²) in [6, 6.07) is 2.55. The third-order valence-corrected chi connectivity index (χ3v) is 5.18. The van der Waals surface area contributed by atoms with Gasteiger partial charge >= 0.3 is 0 Å². The molecule has 1 spiro atoms. The van der Waals surface area contributed by atoms with Gasteiger partial charge in [-0.15, -0.1) is 0 Å². The van der Waals surface area contributed by atoms with E-state index >= 15 is 0 Å². The zero-order chi connectivity index (χ0) is 14.7. The lowest BCUT2D eigenvalue weighted by Crippen LogP contribution is -2.42. The highest BCUT2D eigenvalue weighted by molar-refractivity contribution is 5.09. The Hall–Kier alpha value is -0.870. The quantitative estimate of drug-likeness (QED) is 0.905. The minimum absolute atomic E-state index is 0.184. The van der Waals surface area contributed by atoms with E-state index in [0.29, 0.717) is 12.0 Å². The van der Waals surface area contributed by atoms with Gasteiger partial charge in [-0.25, -0.2) is 0 Å². The highest BCUT2D eigenvalue weighted by Gasteiger charge is 2.42. The Kier molecular flexibility index (Phi) is 4.65. The molecule has 1 saturated carbocycles. The summed E-state index contributed by atoms with van der Waals surface area (Å²) in [6.07, 6.45) is 10.8. The fraction of sp³-hybridized carbons (Fsp3) is 0.824. The fourth-order valence-electron chi connectivity index (χ4n) is 4.13. The molecule has 1 aromatic rings. The van der Waals surface area contributed by atoms with Crippen LogP contribution in [0.2, 0.25) is 0 Å². The average molecular weight is 291 g/mol. The van der Waals surface area contributed by atoms with Crippen LogP contribution >= 0.6 is 0 Å². The lowest BCUT2D eigenvalue weighted by molar-refractivity contribution is -0.0984. The van der Waals surface area contributed by atoms with Crippen molar-refractivity contribution in [2.75, 3.05) is 13.2 Å². The molecular formula is C17H29N3O. The number of ether oxygens (including phenoxy) is 1. The molecule has 0 radical (unpaired) electrons. The molecule has 1 aliphatic heterocycles. The van der Waals surface area contributed by atoms with Gasteiger partial charge in [-0.1, -0.05) is 19.8 Å². The van der Waals surface area contributed by atoms with Gasteiger partial charge in [0.05, 0.1) is 17.3 Å². The Morgan fingerprint density at radius 1 is 1.48 bits per heavy atom. The van der Waals surface area contributed by atoms with Gasteiger partial charge in [0.15, 0.2) is 0 Å². The molecule has 1 aromatic heterocycles. The highest BCUT2D eigenvalue weighted by Crippen LogP contribution is 2.45. The zero-order valence-electron chi connectivity index (χ0n) is 13.5. The van der Waals surface area contributed by atoms with Crippen LogP contribution in [0.4, 0.5) is 0 Å². The van der Waals surface area contributed by atoms with Crippen molar-refractivity contribution in [2.45, 2.75) is 63.5 Å². The van der Waals surface area contributed by atoms with Crippen LogP contribution in [0.3, 0.4) is 0 Å². The Labute approximate surface area is 128 Å². The topological polar surface area (TPSA) is 39.1 Å². The normalized spacial score (nSPS) is 26.3. The summed E-state index contributed by atoms with van der Waals surface area (Å²) in [5, 5.41) is 8.41. The SMILES string of the molecule is CCCNC(c1ccn(C)n1)C1CCOC2(CCCC2)C1. The predicted molar refractivity (Wildman–Crippen MR) is 84.1 cm³/mol. The summed E-state index contributed by atoms with van der Waals surface area (Å²) in [4.78, 5) is 0. The van der Waals surface area contributed by atoms with Crippen LogP contribution < -0.4 is 5.32 Å². The van der Waals surface area contributed by atoms with E-state index in [4.69, 9.17) is 4.74 Å². The van der Waals surface area contributed by atoms with Gasteiger partial charge in [0, 0.05) is 19.9 Å². The zero-order valence-corrected chi connectivity index (χ0v) is 13.5. The maximum atomic E-state index is 6.20. The third-order valence-electron chi connectivity index (χ3n) is 5.18. The van der Waals surface area contributed by atoms with Gasteiger partial charge in [0.2, 0.25) is 0 Å². The summed E-state index contributed by atoms with van der Waals surface area (Å²) in [7, 11) is 2.00. The van der Waals surface area contributed by atoms with E-state index in [-0.39, 0.29) is 5.60 Å². The summed E-state index contributed by atoms with van der Waals surface area (Å²) < 4.78 is 8.12. The second-order valence-electron chi connectivity index (χ2n) is 6.84. The number of nitrogens with zero attached hydrogens (tertiary/aromatic N) is 2. The molecule has 2 unspecified atom stereocenters. The van der Waals surface area contributed by atoms with Crippen LogP contribution in [-0.2, 0) is 11.8 Å². The van der Waals surface area contributed by atoms with Crippen LogP contribution in [0, 0.1) is 5.92 Å². The molecule has 0 amide bonds. The van der Waals surface area contributed by atoms with Gasteiger partial charge in [-0.2, -0.15) is 5.10 Å². The van der Waals surface area contributed by atoms with E-state index in [1.807, 2.05) is 11.7 Å². The van der Waals surface area contributed by atoms with Gasteiger partial charge < -0.3 is 10.1 Å². The first kappa shape index (κ1) is 15.0. The lowest BCUT2D eigenvalue weighted by atomic mass is 9.79. The molecule has 0 bridgehead atoms. The van der Waals surface area contributed by atoms with Crippen molar-refractivity contribution in [1.82, 2.24) is 15.1 Å². The monoisotopic (exact) mass is 291 g/mol. The van der Waals surface area contributed by atoms with E-state index in [2.05, 4.69) is 29.6 Å². The third kappa shape index (κ3) is 3.32. The molecule has 2 fully saturated rings. The second kappa shape index (κ2) is 6.49. The molecule has 2 aliphatic rings. The van der Waals surface area contributed by atoms with Crippen molar-refractivity contribution in [1.29, 1.82) is 0 Å². The Bertz CT molecular complexity index is 451. The van der Waals surface area contributed by atoms with E-state index in [1.165, 1.54) is 37.8 Å². The van der Waals surface area contributed by atoms with Crippen molar-refractivity contribution in [3.8, 4) is 0 Å². The van der Waals surface area contributed by atoms with Crippen LogP contribution in [0.1, 0.15) is 63.6 Å². The molecule has 4 nitrogen and oxygen atoms in total. The van der Waals surface area contributed by atoms with Crippen LogP contribution in [0.25, 0.3) is 0 Å². The predicted octanol–water partition coefficient (Wildman–Crippen LogP) is 3.20. The summed E-state index contributed by atoms with van der Waals surface area (Å²) >= 11 is 0. The molecule has 0 aromatic carbocycles. The van der Waals surface area contributed by atoms with Crippen molar-refractivity contribution < 1.29 is 4.74 Å². The summed E-state index contributed by atoms with van der Waals surface area (Å²) in [5.74, 6) is 0.651. The Morgan fingerprint density at radius 2 is 2.29 bits per heavy atom. The van der Waals surface area contributed by atoms with Crippen molar-refractivity contribution in [2.24, 2.45) is 13.0 Å². The number of nitrogens with one attached hydrogen (secondary N) is 1. The van der Waals surface area contributed by atoms with E-state index in [1.54, 1.807) is 0 Å². The molecule has 3 rings (SSSR count). The van der Waals surface area contributed by atoms with Gasteiger partial charge in [0.1, 0.15) is 0 Å². The first-order valence-corrected chi connectivity index (χ1v) is 8.59. The molecular weight excluding hydrogens is 262 g/mol. The summed E-state index contributed by atoms with van der Waals surface area (Å²) in [5.41, 5.74) is 1.38. The van der Waals surface area contributed by atoms with E-state index in [0.717, 1.165) is 26.0 Å². The Balaban J connectivity index is 1.75. The molecule has 1 N–H and O–H groups in total. The van der Waals surface area contributed by atoms with Crippen molar-refractivity contribution in [3.63, 3.8) is 0 Å². The van der Waals surface area contributed by atoms with Crippen LogP contribution in [-0.4, -0.2) is 28.5 Å². The molecule has 2 heterocycles. The van der Waals surface area contributed by atoms with Gasteiger partial charge in [-0.3, -0.25) is 4.68 Å². The minimum Gasteiger partial charge on any atom is -0.375 e.